The van der Waals surface area contributed by atoms with Gasteiger partial charge in [-0.1, -0.05) is 0 Å². The second-order valence-corrected chi connectivity index (χ2v) is 3.21. The summed E-state index contributed by atoms with van der Waals surface area (Å²) in [5, 5.41) is 0. The molecular weight excluding hydrogens is 138 g/mol. The molecule has 1 fully saturated rings. The van der Waals surface area contributed by atoms with Crippen LogP contribution in [0.25, 0.3) is 0 Å². The Bertz CT molecular complexity index is 106. The Morgan fingerprint density at radius 2 is 2.18 bits per heavy atom. The summed E-state index contributed by atoms with van der Waals surface area (Å²) < 4.78 is 0. The highest BCUT2D eigenvalue weighted by atomic mass is 15.2. The van der Waals surface area contributed by atoms with Crippen LogP contribution in [0.1, 0.15) is 19.3 Å². The maximum atomic E-state index is 5.62. The molecule has 1 heterocycles. The quantitative estimate of drug-likeness (QED) is 0.592. The van der Waals surface area contributed by atoms with Gasteiger partial charge in [0.1, 0.15) is 0 Å². The third-order valence-electron chi connectivity index (χ3n) is 2.42. The number of hydrogen-bond acceptors (Lipinski definition) is 3. The monoisotopic (exact) mass is 157 g/mol. The molecule has 0 bridgehead atoms. The number of hydrogen-bond donors (Lipinski definition) is 2. The van der Waals surface area contributed by atoms with Crippen LogP contribution in [0.15, 0.2) is 0 Å². The van der Waals surface area contributed by atoms with E-state index in [9.17, 15) is 0 Å². The van der Waals surface area contributed by atoms with E-state index in [2.05, 4.69) is 4.90 Å². The van der Waals surface area contributed by atoms with Crippen molar-refractivity contribution in [2.45, 2.75) is 25.3 Å². The molecule has 0 spiro atoms. The predicted molar refractivity (Wildman–Crippen MR) is 47.3 cm³/mol. The molecule has 1 rings (SSSR count). The summed E-state index contributed by atoms with van der Waals surface area (Å²) in [4.78, 5) is 2.47. The zero-order chi connectivity index (χ0) is 8.10. The van der Waals surface area contributed by atoms with E-state index >= 15 is 0 Å². The fourth-order valence-corrected chi connectivity index (χ4v) is 1.75. The van der Waals surface area contributed by atoms with Gasteiger partial charge in [-0.25, -0.2) is 0 Å². The van der Waals surface area contributed by atoms with Gasteiger partial charge in [-0.05, 0) is 38.9 Å². The molecule has 0 aromatic rings. The van der Waals surface area contributed by atoms with Crippen molar-refractivity contribution in [3.8, 4) is 0 Å². The molecule has 4 N–H and O–H groups in total. The van der Waals surface area contributed by atoms with Gasteiger partial charge in [-0.2, -0.15) is 0 Å². The highest BCUT2D eigenvalue weighted by Gasteiger charge is 2.21. The summed E-state index contributed by atoms with van der Waals surface area (Å²) in [6.45, 7) is 3.97. The van der Waals surface area contributed by atoms with E-state index in [-0.39, 0.29) is 0 Å². The van der Waals surface area contributed by atoms with Gasteiger partial charge < -0.3 is 11.5 Å². The van der Waals surface area contributed by atoms with Gasteiger partial charge in [0.2, 0.25) is 0 Å². The molecule has 0 saturated carbocycles. The van der Waals surface area contributed by atoms with E-state index in [1.54, 1.807) is 0 Å². The summed E-state index contributed by atoms with van der Waals surface area (Å²) in [6, 6.07) is 0.640. The molecule has 0 aliphatic carbocycles. The molecule has 1 atom stereocenters. The Kier molecular flexibility index (Phi) is 3.83. The summed E-state index contributed by atoms with van der Waals surface area (Å²) in [7, 11) is 0. The number of nitrogens with two attached hydrogens (primary N) is 2. The molecule has 0 radical (unpaired) electrons. The molecule has 66 valence electrons. The maximum absolute atomic E-state index is 5.62. The summed E-state index contributed by atoms with van der Waals surface area (Å²) in [5.41, 5.74) is 11.1. The highest BCUT2D eigenvalue weighted by Crippen LogP contribution is 2.15. The Morgan fingerprint density at radius 1 is 1.36 bits per heavy atom. The molecule has 0 amide bonds. The molecule has 1 aliphatic rings. The van der Waals surface area contributed by atoms with Crippen LogP contribution in [0, 0.1) is 0 Å². The van der Waals surface area contributed by atoms with Gasteiger partial charge in [-0.3, -0.25) is 4.90 Å². The van der Waals surface area contributed by atoms with E-state index in [0.717, 1.165) is 26.1 Å². The average molecular weight is 157 g/mol. The fourth-order valence-electron chi connectivity index (χ4n) is 1.75. The normalized spacial score (nSPS) is 26.2. The van der Waals surface area contributed by atoms with Crippen LogP contribution in [-0.2, 0) is 0 Å². The summed E-state index contributed by atoms with van der Waals surface area (Å²) in [5.74, 6) is 0. The van der Waals surface area contributed by atoms with Gasteiger partial charge in [-0.15, -0.1) is 0 Å². The molecular formula is C8H19N3. The third kappa shape index (κ3) is 2.43. The standard InChI is InChI=1S/C8H19N3/c9-4-2-6-11-5-1-3-8(11)7-10/h8H,1-7,9-10H2. The first-order valence-corrected chi connectivity index (χ1v) is 4.52. The second kappa shape index (κ2) is 4.70. The number of likely N-dealkylation sites (tertiary alicyclic amines) is 1. The lowest BCUT2D eigenvalue weighted by molar-refractivity contribution is 0.257. The van der Waals surface area contributed by atoms with Gasteiger partial charge in [0.25, 0.3) is 0 Å². The largest absolute Gasteiger partial charge is 0.330 e. The molecule has 1 unspecified atom stereocenters. The van der Waals surface area contributed by atoms with Crippen molar-refractivity contribution >= 4 is 0 Å². The van der Waals surface area contributed by atoms with Crippen molar-refractivity contribution < 1.29 is 0 Å². The topological polar surface area (TPSA) is 55.3 Å². The first kappa shape index (κ1) is 8.97. The number of nitrogens with zero attached hydrogens (tertiary/aromatic N) is 1. The lowest BCUT2D eigenvalue weighted by atomic mass is 10.2. The van der Waals surface area contributed by atoms with Crippen LogP contribution in [0.4, 0.5) is 0 Å². The van der Waals surface area contributed by atoms with Crippen molar-refractivity contribution in [3.63, 3.8) is 0 Å². The Labute approximate surface area is 68.7 Å². The van der Waals surface area contributed by atoms with Crippen LogP contribution in [-0.4, -0.2) is 37.1 Å². The second-order valence-electron chi connectivity index (χ2n) is 3.21. The molecule has 0 aromatic heterocycles. The average Bonchev–Trinajstić information content (AvgIpc) is 2.47. The predicted octanol–water partition coefficient (Wildman–Crippen LogP) is -0.242. The van der Waals surface area contributed by atoms with Crippen LogP contribution in [0.5, 0.6) is 0 Å². The van der Waals surface area contributed by atoms with Crippen LogP contribution >= 0.6 is 0 Å². The Hall–Kier alpha value is -0.120. The van der Waals surface area contributed by atoms with Gasteiger partial charge >= 0.3 is 0 Å². The van der Waals surface area contributed by atoms with E-state index < -0.39 is 0 Å². The van der Waals surface area contributed by atoms with Crippen molar-refractivity contribution in [1.29, 1.82) is 0 Å². The Morgan fingerprint density at radius 3 is 2.82 bits per heavy atom. The molecule has 3 heteroatoms. The lowest BCUT2D eigenvalue weighted by Gasteiger charge is -2.22. The van der Waals surface area contributed by atoms with Crippen LogP contribution in [0.3, 0.4) is 0 Å². The highest BCUT2D eigenvalue weighted by molar-refractivity contribution is 4.79. The van der Waals surface area contributed by atoms with Crippen molar-refractivity contribution in [2.24, 2.45) is 11.5 Å². The molecule has 11 heavy (non-hydrogen) atoms. The van der Waals surface area contributed by atoms with E-state index in [1.165, 1.54) is 19.4 Å². The summed E-state index contributed by atoms with van der Waals surface area (Å²) in [6.07, 6.45) is 3.70. The minimum Gasteiger partial charge on any atom is -0.330 e. The number of rotatable bonds is 4. The molecule has 3 nitrogen and oxygen atoms in total. The lowest BCUT2D eigenvalue weighted by Crippen LogP contribution is -2.36. The van der Waals surface area contributed by atoms with Gasteiger partial charge in [0.15, 0.2) is 0 Å². The fraction of sp³-hybridized carbons (Fsp3) is 1.00. The summed E-state index contributed by atoms with van der Waals surface area (Å²) >= 11 is 0. The van der Waals surface area contributed by atoms with E-state index in [1.807, 2.05) is 0 Å². The van der Waals surface area contributed by atoms with Gasteiger partial charge in [0, 0.05) is 12.6 Å². The first-order valence-electron chi connectivity index (χ1n) is 4.52. The molecule has 0 aromatic carbocycles. The molecule has 1 aliphatic heterocycles. The SMILES string of the molecule is NCCCN1CCCC1CN. The van der Waals surface area contributed by atoms with Crippen molar-refractivity contribution in [2.75, 3.05) is 26.2 Å². The smallest absolute Gasteiger partial charge is 0.0218 e. The minimum atomic E-state index is 0.640. The maximum Gasteiger partial charge on any atom is 0.0218 e. The minimum absolute atomic E-state index is 0.640. The van der Waals surface area contributed by atoms with E-state index in [4.69, 9.17) is 11.5 Å². The van der Waals surface area contributed by atoms with Gasteiger partial charge in [0.05, 0.1) is 0 Å². The zero-order valence-electron chi connectivity index (χ0n) is 7.13. The zero-order valence-corrected chi connectivity index (χ0v) is 7.13. The van der Waals surface area contributed by atoms with Crippen molar-refractivity contribution in [3.05, 3.63) is 0 Å². The Balaban J connectivity index is 2.20. The van der Waals surface area contributed by atoms with Crippen LogP contribution in [0.2, 0.25) is 0 Å². The third-order valence-corrected chi connectivity index (χ3v) is 2.42. The van der Waals surface area contributed by atoms with E-state index in [0.29, 0.717) is 6.04 Å². The van der Waals surface area contributed by atoms with Crippen molar-refractivity contribution in [1.82, 2.24) is 4.90 Å². The molecule has 1 saturated heterocycles. The first-order chi connectivity index (χ1) is 5.38. The van der Waals surface area contributed by atoms with Crippen LogP contribution < -0.4 is 11.5 Å².